The van der Waals surface area contributed by atoms with E-state index in [0.717, 1.165) is 6.07 Å². The second kappa shape index (κ2) is 5.93. The minimum atomic E-state index is -4.64. The number of rotatable bonds is 4. The van der Waals surface area contributed by atoms with Crippen LogP contribution < -0.4 is 5.32 Å². The predicted octanol–water partition coefficient (Wildman–Crippen LogP) is 3.80. The van der Waals surface area contributed by atoms with E-state index in [9.17, 15) is 22.8 Å². The first-order valence-electron chi connectivity index (χ1n) is 5.83. The highest BCUT2D eigenvalue weighted by Crippen LogP contribution is 2.36. The summed E-state index contributed by atoms with van der Waals surface area (Å²) in [5, 5.41) is 10.6. The van der Waals surface area contributed by atoms with E-state index in [2.05, 4.69) is 5.32 Å². The van der Waals surface area contributed by atoms with E-state index in [-0.39, 0.29) is 12.1 Å². The fourth-order valence-electron chi connectivity index (χ4n) is 1.50. The van der Waals surface area contributed by atoms with Crippen LogP contribution >= 0.6 is 11.6 Å². The van der Waals surface area contributed by atoms with Gasteiger partial charge in [0.2, 0.25) is 5.91 Å². The van der Waals surface area contributed by atoms with Gasteiger partial charge in [-0.1, -0.05) is 11.6 Å². The molecule has 1 amide bonds. The minimum Gasteiger partial charge on any atom is -0.481 e. The summed E-state index contributed by atoms with van der Waals surface area (Å²) in [5.74, 6) is -1.87. The molecule has 2 N–H and O–H groups in total. The molecule has 21 heavy (non-hydrogen) atoms. The predicted molar refractivity (Wildman–Crippen MR) is 71.1 cm³/mol. The number of benzene rings is 1. The molecule has 0 aliphatic rings. The number of hydrogen-bond donors (Lipinski definition) is 2. The van der Waals surface area contributed by atoms with Gasteiger partial charge in [-0.25, -0.2) is 0 Å². The number of nitrogens with one attached hydrogen (secondary N) is 1. The first-order valence-corrected chi connectivity index (χ1v) is 6.21. The molecule has 0 aliphatic carbocycles. The summed E-state index contributed by atoms with van der Waals surface area (Å²) >= 11 is 5.46. The van der Waals surface area contributed by atoms with E-state index in [1.807, 2.05) is 0 Å². The molecule has 0 radical (unpaired) electrons. The Kier molecular flexibility index (Phi) is 4.88. The maximum atomic E-state index is 12.7. The van der Waals surface area contributed by atoms with Crippen LogP contribution in [0, 0.1) is 5.41 Å². The van der Waals surface area contributed by atoms with Gasteiger partial charge in [-0.2, -0.15) is 13.2 Å². The van der Waals surface area contributed by atoms with Gasteiger partial charge in [0.15, 0.2) is 0 Å². The second-order valence-electron chi connectivity index (χ2n) is 5.11. The van der Waals surface area contributed by atoms with Crippen LogP contribution in [0.2, 0.25) is 5.02 Å². The highest BCUT2D eigenvalue weighted by molar-refractivity contribution is 6.31. The molecule has 116 valence electrons. The Bertz CT molecular complexity index is 570. The lowest BCUT2D eigenvalue weighted by atomic mass is 9.89. The third kappa shape index (κ3) is 4.63. The number of carbonyl (C=O) groups excluding carboxylic acids is 1. The molecule has 4 nitrogen and oxygen atoms in total. The van der Waals surface area contributed by atoms with Crippen molar-refractivity contribution < 1.29 is 27.9 Å². The number of alkyl halides is 3. The molecule has 0 spiro atoms. The van der Waals surface area contributed by atoms with Crippen LogP contribution in [0.1, 0.15) is 25.8 Å². The Hall–Kier alpha value is -1.76. The highest BCUT2D eigenvalue weighted by atomic mass is 35.5. The zero-order valence-electron chi connectivity index (χ0n) is 11.2. The van der Waals surface area contributed by atoms with Crippen molar-refractivity contribution in [1.82, 2.24) is 0 Å². The summed E-state index contributed by atoms with van der Waals surface area (Å²) in [6.45, 7) is 2.69. The summed E-state index contributed by atoms with van der Waals surface area (Å²) in [7, 11) is 0. The Morgan fingerprint density at radius 1 is 1.29 bits per heavy atom. The van der Waals surface area contributed by atoms with Crippen molar-refractivity contribution in [3.63, 3.8) is 0 Å². The van der Waals surface area contributed by atoms with Crippen LogP contribution in [0.3, 0.4) is 0 Å². The molecular weight excluding hydrogens is 311 g/mol. The standard InChI is InChI=1S/C13H13ClF3NO3/c1-12(2,11(20)21)6-10(19)18-7-3-4-9(14)8(5-7)13(15,16)17/h3-5H,6H2,1-2H3,(H,18,19)(H,20,21). The Labute approximate surface area is 123 Å². The van der Waals surface area contributed by atoms with Gasteiger partial charge >= 0.3 is 12.1 Å². The zero-order valence-corrected chi connectivity index (χ0v) is 12.0. The Balaban J connectivity index is 2.90. The van der Waals surface area contributed by atoms with E-state index >= 15 is 0 Å². The molecule has 0 unspecified atom stereocenters. The molecule has 0 atom stereocenters. The fraction of sp³-hybridized carbons (Fsp3) is 0.385. The number of hydrogen-bond acceptors (Lipinski definition) is 2. The number of aliphatic carboxylic acids is 1. The summed E-state index contributed by atoms with van der Waals surface area (Å²) in [6, 6.07) is 2.93. The summed E-state index contributed by atoms with van der Waals surface area (Å²) < 4.78 is 38.0. The van der Waals surface area contributed by atoms with Crippen molar-refractivity contribution in [2.45, 2.75) is 26.4 Å². The van der Waals surface area contributed by atoms with Gasteiger partial charge in [0, 0.05) is 12.1 Å². The minimum absolute atomic E-state index is 0.0992. The average Bonchev–Trinajstić information content (AvgIpc) is 2.29. The molecule has 0 heterocycles. The van der Waals surface area contributed by atoms with Crippen LogP contribution in [0.4, 0.5) is 18.9 Å². The molecule has 0 aliphatic heterocycles. The molecule has 1 aromatic carbocycles. The SMILES string of the molecule is CC(C)(CC(=O)Nc1ccc(Cl)c(C(F)(F)F)c1)C(=O)O. The Morgan fingerprint density at radius 3 is 2.33 bits per heavy atom. The molecule has 0 saturated heterocycles. The molecule has 1 aromatic rings. The highest BCUT2D eigenvalue weighted by Gasteiger charge is 2.34. The van der Waals surface area contributed by atoms with Crippen molar-refractivity contribution in [3.8, 4) is 0 Å². The van der Waals surface area contributed by atoms with Gasteiger partial charge in [0.1, 0.15) is 0 Å². The third-order valence-corrected chi connectivity index (χ3v) is 3.07. The maximum Gasteiger partial charge on any atom is 0.417 e. The molecule has 1 rings (SSSR count). The smallest absolute Gasteiger partial charge is 0.417 e. The van der Waals surface area contributed by atoms with Crippen molar-refractivity contribution in [3.05, 3.63) is 28.8 Å². The average molecular weight is 324 g/mol. The molecular formula is C13H13ClF3NO3. The van der Waals surface area contributed by atoms with E-state index in [4.69, 9.17) is 16.7 Å². The molecule has 8 heteroatoms. The van der Waals surface area contributed by atoms with E-state index in [1.54, 1.807) is 0 Å². The van der Waals surface area contributed by atoms with Gasteiger partial charge in [0.05, 0.1) is 16.0 Å². The number of amides is 1. The lowest BCUT2D eigenvalue weighted by Gasteiger charge is -2.18. The number of halogens is 4. The molecule has 0 bridgehead atoms. The number of carboxylic acid groups (broad SMARTS) is 1. The van der Waals surface area contributed by atoms with Crippen molar-refractivity contribution >= 4 is 29.2 Å². The van der Waals surface area contributed by atoms with Crippen molar-refractivity contribution in [2.75, 3.05) is 5.32 Å². The first-order chi connectivity index (χ1) is 9.43. The monoisotopic (exact) mass is 323 g/mol. The summed E-state index contributed by atoms with van der Waals surface area (Å²) in [4.78, 5) is 22.6. The van der Waals surface area contributed by atoms with E-state index in [1.165, 1.54) is 19.9 Å². The lowest BCUT2D eigenvalue weighted by Crippen LogP contribution is -2.29. The van der Waals surface area contributed by atoms with Crippen molar-refractivity contribution in [1.29, 1.82) is 0 Å². The summed E-state index contributed by atoms with van der Waals surface area (Å²) in [5.41, 5.74) is -2.49. The van der Waals surface area contributed by atoms with E-state index < -0.39 is 34.1 Å². The zero-order chi connectivity index (χ0) is 16.4. The second-order valence-corrected chi connectivity index (χ2v) is 5.51. The maximum absolute atomic E-state index is 12.7. The van der Waals surface area contributed by atoms with Crippen LogP contribution in [0.15, 0.2) is 18.2 Å². The number of anilines is 1. The van der Waals surface area contributed by atoms with Crippen LogP contribution in [0.5, 0.6) is 0 Å². The first kappa shape index (κ1) is 17.3. The molecule has 0 fully saturated rings. The topological polar surface area (TPSA) is 66.4 Å². The largest absolute Gasteiger partial charge is 0.481 e. The van der Waals surface area contributed by atoms with E-state index in [0.29, 0.717) is 6.07 Å². The van der Waals surface area contributed by atoms with Gasteiger partial charge in [-0.15, -0.1) is 0 Å². The van der Waals surface area contributed by atoms with Crippen LogP contribution in [-0.4, -0.2) is 17.0 Å². The lowest BCUT2D eigenvalue weighted by molar-refractivity contribution is -0.149. The van der Waals surface area contributed by atoms with Gasteiger partial charge in [0.25, 0.3) is 0 Å². The molecule has 0 saturated carbocycles. The van der Waals surface area contributed by atoms with Gasteiger partial charge in [-0.05, 0) is 32.0 Å². The van der Waals surface area contributed by atoms with Crippen LogP contribution in [0.25, 0.3) is 0 Å². The quantitative estimate of drug-likeness (QED) is 0.885. The van der Waals surface area contributed by atoms with Gasteiger partial charge < -0.3 is 10.4 Å². The summed E-state index contributed by atoms with van der Waals surface area (Å²) in [6.07, 6.45) is -5.01. The van der Waals surface area contributed by atoms with Crippen molar-refractivity contribution in [2.24, 2.45) is 5.41 Å². The Morgan fingerprint density at radius 2 is 1.86 bits per heavy atom. The van der Waals surface area contributed by atoms with Crippen LogP contribution in [-0.2, 0) is 15.8 Å². The third-order valence-electron chi connectivity index (χ3n) is 2.74. The van der Waals surface area contributed by atoms with Gasteiger partial charge in [-0.3, -0.25) is 9.59 Å². The molecule has 0 aromatic heterocycles. The number of carboxylic acids is 1. The normalized spacial score (nSPS) is 12.1. The number of carbonyl (C=O) groups is 2. The fourth-order valence-corrected chi connectivity index (χ4v) is 1.73.